The van der Waals surface area contributed by atoms with Crippen molar-refractivity contribution in [2.45, 2.75) is 38.0 Å². The molecule has 0 radical (unpaired) electrons. The molecule has 5 nitrogen and oxygen atoms in total. The first-order valence-corrected chi connectivity index (χ1v) is 7.50. The third kappa shape index (κ3) is 6.32. The van der Waals surface area contributed by atoms with Crippen molar-refractivity contribution in [3.8, 4) is 0 Å². The van der Waals surface area contributed by atoms with Gasteiger partial charge in [0, 0.05) is 19.1 Å². The summed E-state index contributed by atoms with van der Waals surface area (Å²) in [6.07, 6.45) is 0.247. The average Bonchev–Trinajstić information content (AvgIpc) is 2.48. The van der Waals surface area contributed by atoms with Gasteiger partial charge in [0.05, 0.1) is 25.2 Å². The number of benzene rings is 1. The standard InChI is InChI=1S/C16H24N2O3.ClH/c1-12(9-15(19)13-5-3-2-4-6-13)18-16(20)10-14-11-17-7-8-21-14;/h2-6,12,14-15,17,19H,7-11H2,1H3,(H,18,20);1H. The number of carbonyl (C=O) groups is 1. The van der Waals surface area contributed by atoms with E-state index in [1.807, 2.05) is 37.3 Å². The van der Waals surface area contributed by atoms with Crippen LogP contribution >= 0.6 is 12.4 Å². The summed E-state index contributed by atoms with van der Waals surface area (Å²) in [6, 6.07) is 9.41. The molecule has 1 aliphatic heterocycles. The lowest BCUT2D eigenvalue weighted by Crippen LogP contribution is -2.43. The van der Waals surface area contributed by atoms with Crippen LogP contribution < -0.4 is 10.6 Å². The number of amides is 1. The van der Waals surface area contributed by atoms with Crippen LogP contribution in [0.5, 0.6) is 0 Å². The summed E-state index contributed by atoms with van der Waals surface area (Å²) in [4.78, 5) is 11.9. The highest BCUT2D eigenvalue weighted by atomic mass is 35.5. The minimum absolute atomic E-state index is 0. The van der Waals surface area contributed by atoms with Gasteiger partial charge in [0.25, 0.3) is 0 Å². The van der Waals surface area contributed by atoms with Crippen LogP contribution in [0.1, 0.15) is 31.4 Å². The molecule has 1 aromatic carbocycles. The molecular weight excluding hydrogens is 304 g/mol. The molecule has 1 aromatic rings. The van der Waals surface area contributed by atoms with Crippen molar-refractivity contribution in [2.75, 3.05) is 19.7 Å². The van der Waals surface area contributed by atoms with Crippen LogP contribution in [0, 0.1) is 0 Å². The molecule has 3 N–H and O–H groups in total. The van der Waals surface area contributed by atoms with Gasteiger partial charge >= 0.3 is 0 Å². The number of nitrogens with one attached hydrogen (secondary N) is 2. The first-order valence-electron chi connectivity index (χ1n) is 7.50. The quantitative estimate of drug-likeness (QED) is 0.738. The van der Waals surface area contributed by atoms with Crippen molar-refractivity contribution in [3.63, 3.8) is 0 Å². The van der Waals surface area contributed by atoms with E-state index >= 15 is 0 Å². The number of halogens is 1. The molecule has 3 unspecified atom stereocenters. The van der Waals surface area contributed by atoms with Crippen molar-refractivity contribution in [1.29, 1.82) is 0 Å². The Balaban J connectivity index is 0.00000242. The van der Waals surface area contributed by atoms with Gasteiger partial charge in [0.15, 0.2) is 0 Å². The third-order valence-electron chi connectivity index (χ3n) is 3.59. The van der Waals surface area contributed by atoms with E-state index in [2.05, 4.69) is 10.6 Å². The van der Waals surface area contributed by atoms with E-state index in [0.29, 0.717) is 26.0 Å². The Bertz CT molecular complexity index is 438. The summed E-state index contributed by atoms with van der Waals surface area (Å²) >= 11 is 0. The average molecular weight is 329 g/mol. The number of hydrogen-bond donors (Lipinski definition) is 3. The molecule has 0 aliphatic carbocycles. The first-order chi connectivity index (χ1) is 10.1. The number of ether oxygens (including phenoxy) is 1. The highest BCUT2D eigenvalue weighted by Crippen LogP contribution is 2.17. The molecule has 0 bridgehead atoms. The zero-order valence-electron chi connectivity index (χ0n) is 12.8. The summed E-state index contributed by atoms with van der Waals surface area (Å²) in [6.45, 7) is 4.12. The lowest BCUT2D eigenvalue weighted by atomic mass is 10.0. The maximum absolute atomic E-state index is 11.9. The van der Waals surface area contributed by atoms with Gasteiger partial charge in [0.1, 0.15) is 0 Å². The molecule has 1 fully saturated rings. The minimum atomic E-state index is -0.561. The Kier molecular flexibility index (Phi) is 8.42. The van der Waals surface area contributed by atoms with Gasteiger partial charge in [-0.1, -0.05) is 30.3 Å². The van der Waals surface area contributed by atoms with Gasteiger partial charge < -0.3 is 20.5 Å². The Morgan fingerprint density at radius 3 is 2.82 bits per heavy atom. The fourth-order valence-corrected chi connectivity index (χ4v) is 2.50. The lowest BCUT2D eigenvalue weighted by Gasteiger charge is -2.24. The zero-order valence-corrected chi connectivity index (χ0v) is 13.6. The van der Waals surface area contributed by atoms with Crippen molar-refractivity contribution in [1.82, 2.24) is 10.6 Å². The smallest absolute Gasteiger partial charge is 0.222 e. The molecule has 3 atom stereocenters. The van der Waals surface area contributed by atoms with E-state index in [0.717, 1.165) is 12.1 Å². The van der Waals surface area contributed by atoms with Gasteiger partial charge in [-0.15, -0.1) is 12.4 Å². The maximum Gasteiger partial charge on any atom is 0.222 e. The van der Waals surface area contributed by atoms with Crippen LogP contribution in [0.25, 0.3) is 0 Å². The van der Waals surface area contributed by atoms with Crippen molar-refractivity contribution in [3.05, 3.63) is 35.9 Å². The number of aliphatic hydroxyl groups excluding tert-OH is 1. The van der Waals surface area contributed by atoms with E-state index in [9.17, 15) is 9.90 Å². The van der Waals surface area contributed by atoms with Crippen LogP contribution in [-0.2, 0) is 9.53 Å². The van der Waals surface area contributed by atoms with E-state index in [4.69, 9.17) is 4.74 Å². The van der Waals surface area contributed by atoms with Crippen molar-refractivity contribution < 1.29 is 14.6 Å². The van der Waals surface area contributed by atoms with Gasteiger partial charge in [-0.2, -0.15) is 0 Å². The zero-order chi connectivity index (χ0) is 15.1. The molecular formula is C16H25ClN2O3. The fraction of sp³-hybridized carbons (Fsp3) is 0.562. The maximum atomic E-state index is 11.9. The highest BCUT2D eigenvalue weighted by molar-refractivity contribution is 5.85. The summed E-state index contributed by atoms with van der Waals surface area (Å²) < 4.78 is 5.51. The lowest BCUT2D eigenvalue weighted by molar-refractivity contribution is -0.125. The predicted octanol–water partition coefficient (Wildman–Crippen LogP) is 1.42. The summed E-state index contributed by atoms with van der Waals surface area (Å²) in [7, 11) is 0. The van der Waals surface area contributed by atoms with E-state index < -0.39 is 6.10 Å². The minimum Gasteiger partial charge on any atom is -0.388 e. The van der Waals surface area contributed by atoms with Gasteiger partial charge in [-0.05, 0) is 18.9 Å². The molecule has 1 amide bonds. The second kappa shape index (κ2) is 9.79. The molecule has 0 saturated carbocycles. The second-order valence-corrected chi connectivity index (χ2v) is 5.53. The summed E-state index contributed by atoms with van der Waals surface area (Å²) in [5.41, 5.74) is 0.874. The SMILES string of the molecule is CC(CC(O)c1ccccc1)NC(=O)CC1CNCCO1.Cl. The van der Waals surface area contributed by atoms with Crippen molar-refractivity contribution >= 4 is 18.3 Å². The van der Waals surface area contributed by atoms with Crippen LogP contribution in [0.15, 0.2) is 30.3 Å². The van der Waals surface area contributed by atoms with Crippen molar-refractivity contribution in [2.24, 2.45) is 0 Å². The fourth-order valence-electron chi connectivity index (χ4n) is 2.50. The Morgan fingerprint density at radius 2 is 2.18 bits per heavy atom. The molecule has 124 valence electrons. The molecule has 1 aliphatic rings. The summed E-state index contributed by atoms with van der Waals surface area (Å²) in [5, 5.41) is 16.3. The molecule has 22 heavy (non-hydrogen) atoms. The molecule has 1 saturated heterocycles. The number of hydrogen-bond acceptors (Lipinski definition) is 4. The molecule has 2 rings (SSSR count). The Morgan fingerprint density at radius 1 is 1.45 bits per heavy atom. The number of carbonyl (C=O) groups excluding carboxylic acids is 1. The third-order valence-corrected chi connectivity index (χ3v) is 3.59. The largest absolute Gasteiger partial charge is 0.388 e. The van der Waals surface area contributed by atoms with Gasteiger partial charge in [-0.25, -0.2) is 0 Å². The highest BCUT2D eigenvalue weighted by Gasteiger charge is 2.19. The van der Waals surface area contributed by atoms with E-state index in [1.54, 1.807) is 0 Å². The molecule has 0 spiro atoms. The van der Waals surface area contributed by atoms with Crippen LogP contribution in [0.4, 0.5) is 0 Å². The second-order valence-electron chi connectivity index (χ2n) is 5.53. The van der Waals surface area contributed by atoms with E-state index in [1.165, 1.54) is 0 Å². The molecule has 1 heterocycles. The normalized spacial score (nSPS) is 20.5. The van der Waals surface area contributed by atoms with Crippen LogP contribution in [0.3, 0.4) is 0 Å². The predicted molar refractivity (Wildman–Crippen MR) is 88.1 cm³/mol. The van der Waals surface area contributed by atoms with E-state index in [-0.39, 0.29) is 30.5 Å². The number of aliphatic hydroxyl groups is 1. The number of rotatable bonds is 6. The molecule has 0 aromatic heterocycles. The molecule has 6 heteroatoms. The van der Waals surface area contributed by atoms with Crippen LogP contribution in [-0.4, -0.2) is 42.9 Å². The topological polar surface area (TPSA) is 70.6 Å². The van der Waals surface area contributed by atoms with Gasteiger partial charge in [-0.3, -0.25) is 4.79 Å². The first kappa shape index (κ1) is 18.9. The van der Waals surface area contributed by atoms with Crippen LogP contribution in [0.2, 0.25) is 0 Å². The Hall–Kier alpha value is -1.14. The monoisotopic (exact) mass is 328 g/mol. The number of morpholine rings is 1. The summed E-state index contributed by atoms with van der Waals surface area (Å²) in [5.74, 6) is -0.0311. The van der Waals surface area contributed by atoms with Gasteiger partial charge in [0.2, 0.25) is 5.91 Å². The Labute approximate surface area is 137 Å².